The van der Waals surface area contributed by atoms with Crippen LogP contribution in [0.3, 0.4) is 0 Å². The Morgan fingerprint density at radius 2 is 2.30 bits per heavy atom. The minimum absolute atomic E-state index is 0.118. The Labute approximate surface area is 71.6 Å². The molecular weight excluding hydrogens is 217 g/mol. The van der Waals surface area contributed by atoms with E-state index in [1.54, 1.807) is 19.3 Å². The van der Waals surface area contributed by atoms with Crippen molar-refractivity contribution in [2.75, 3.05) is 0 Å². The smallest absolute Gasteiger partial charge is 0.266 e. The second-order valence-electron chi connectivity index (χ2n) is 1.89. The summed E-state index contributed by atoms with van der Waals surface area (Å²) in [5.41, 5.74) is -0.118. The van der Waals surface area contributed by atoms with Crippen molar-refractivity contribution in [3.63, 3.8) is 0 Å². The highest BCUT2D eigenvalue weighted by Crippen LogP contribution is 2.15. The van der Waals surface area contributed by atoms with Crippen LogP contribution in [0.4, 0.5) is 0 Å². The largest absolute Gasteiger partial charge is 0.318 e. The van der Waals surface area contributed by atoms with Crippen LogP contribution >= 0.6 is 27.5 Å². The van der Waals surface area contributed by atoms with Gasteiger partial charge in [0.2, 0.25) is 0 Å². The predicted molar refractivity (Wildman–Crippen MR) is 44.4 cm³/mol. The molecule has 0 N–H and O–H groups in total. The molecule has 0 aliphatic heterocycles. The van der Waals surface area contributed by atoms with Gasteiger partial charge in [-0.3, -0.25) is 4.79 Å². The molecule has 10 heavy (non-hydrogen) atoms. The van der Waals surface area contributed by atoms with Gasteiger partial charge in [-0.05, 0) is 22.0 Å². The highest BCUT2D eigenvalue weighted by atomic mass is 79.9. The van der Waals surface area contributed by atoms with Gasteiger partial charge in [0.1, 0.15) is 4.47 Å². The molecule has 0 spiro atoms. The van der Waals surface area contributed by atoms with Crippen LogP contribution in [0.1, 0.15) is 0 Å². The molecule has 1 rings (SSSR count). The minimum Gasteiger partial charge on any atom is -0.318 e. The first-order valence-corrected chi connectivity index (χ1v) is 3.80. The first-order chi connectivity index (χ1) is 4.63. The number of hydrogen-bond acceptors (Lipinski definition) is 1. The molecule has 0 unspecified atom stereocenters. The van der Waals surface area contributed by atoms with E-state index in [-0.39, 0.29) is 5.56 Å². The van der Waals surface area contributed by atoms with Crippen molar-refractivity contribution in [2.45, 2.75) is 0 Å². The van der Waals surface area contributed by atoms with Gasteiger partial charge >= 0.3 is 0 Å². The molecule has 0 radical (unpaired) electrons. The Hall–Kier alpha value is -0.280. The van der Waals surface area contributed by atoms with Gasteiger partial charge in [0.15, 0.2) is 0 Å². The Morgan fingerprint density at radius 1 is 1.70 bits per heavy atom. The molecule has 0 fully saturated rings. The molecule has 0 atom stereocenters. The van der Waals surface area contributed by atoms with Crippen molar-refractivity contribution in [3.05, 3.63) is 32.1 Å². The van der Waals surface area contributed by atoms with Gasteiger partial charge in [0.25, 0.3) is 5.56 Å². The van der Waals surface area contributed by atoms with E-state index < -0.39 is 0 Å². The number of pyridine rings is 1. The lowest BCUT2D eigenvalue weighted by molar-refractivity contribution is 0.854. The Bertz CT molecular complexity index is 307. The number of halogens is 2. The number of rotatable bonds is 0. The molecule has 0 amide bonds. The van der Waals surface area contributed by atoms with E-state index in [0.29, 0.717) is 9.50 Å². The molecule has 0 aliphatic carbocycles. The fraction of sp³-hybridized carbons (Fsp3) is 0.167. The normalized spacial score (nSPS) is 9.90. The Kier molecular flexibility index (Phi) is 2.16. The standard InChI is InChI=1S/C6H5BrClNO/c1-9-3-2-4(8)5(7)6(9)10/h2-3H,1H3. The van der Waals surface area contributed by atoms with E-state index in [1.165, 1.54) is 4.57 Å². The van der Waals surface area contributed by atoms with Crippen molar-refractivity contribution >= 4 is 27.5 Å². The van der Waals surface area contributed by atoms with Gasteiger partial charge in [-0.15, -0.1) is 0 Å². The zero-order chi connectivity index (χ0) is 7.72. The second-order valence-corrected chi connectivity index (χ2v) is 3.09. The number of hydrogen-bond donors (Lipinski definition) is 0. The molecule has 0 saturated heterocycles. The monoisotopic (exact) mass is 221 g/mol. The molecule has 0 bridgehead atoms. The fourth-order valence-electron chi connectivity index (χ4n) is 0.575. The maximum atomic E-state index is 11.0. The van der Waals surface area contributed by atoms with E-state index >= 15 is 0 Å². The van der Waals surface area contributed by atoms with Crippen molar-refractivity contribution in [2.24, 2.45) is 7.05 Å². The van der Waals surface area contributed by atoms with Crippen molar-refractivity contribution < 1.29 is 0 Å². The third kappa shape index (κ3) is 1.25. The average Bonchev–Trinajstić information content (AvgIpc) is 1.93. The van der Waals surface area contributed by atoms with E-state index in [9.17, 15) is 4.79 Å². The maximum Gasteiger partial charge on any atom is 0.266 e. The van der Waals surface area contributed by atoms with Gasteiger partial charge in [0.05, 0.1) is 5.02 Å². The first-order valence-electron chi connectivity index (χ1n) is 2.63. The van der Waals surface area contributed by atoms with Crippen LogP contribution in [0.15, 0.2) is 21.5 Å². The molecule has 0 aromatic carbocycles. The van der Waals surface area contributed by atoms with Crippen LogP contribution in [0.25, 0.3) is 0 Å². The summed E-state index contributed by atoms with van der Waals surface area (Å²) in [5, 5.41) is 0.447. The van der Waals surface area contributed by atoms with Crippen molar-refractivity contribution in [1.29, 1.82) is 0 Å². The van der Waals surface area contributed by atoms with Crippen LogP contribution in [0.5, 0.6) is 0 Å². The Morgan fingerprint density at radius 3 is 2.80 bits per heavy atom. The number of nitrogens with zero attached hydrogens (tertiary/aromatic N) is 1. The van der Waals surface area contributed by atoms with Gasteiger partial charge in [0, 0.05) is 13.2 Å². The van der Waals surface area contributed by atoms with E-state index in [0.717, 1.165) is 0 Å². The Balaban J connectivity index is 3.50. The number of aryl methyl sites for hydroxylation is 1. The number of aromatic nitrogens is 1. The van der Waals surface area contributed by atoms with Gasteiger partial charge < -0.3 is 4.57 Å². The van der Waals surface area contributed by atoms with Crippen LogP contribution in [0.2, 0.25) is 5.02 Å². The third-order valence-corrected chi connectivity index (χ3v) is 2.47. The van der Waals surface area contributed by atoms with Crippen LogP contribution < -0.4 is 5.56 Å². The summed E-state index contributed by atoms with van der Waals surface area (Å²) in [6.07, 6.45) is 1.62. The summed E-state index contributed by atoms with van der Waals surface area (Å²) in [4.78, 5) is 11.0. The SMILES string of the molecule is Cn1ccc(Cl)c(Br)c1=O. The molecule has 2 nitrogen and oxygen atoms in total. The van der Waals surface area contributed by atoms with Crippen LogP contribution in [-0.4, -0.2) is 4.57 Å². The summed E-state index contributed by atoms with van der Waals surface area (Å²) in [5.74, 6) is 0. The molecule has 1 heterocycles. The summed E-state index contributed by atoms with van der Waals surface area (Å²) < 4.78 is 1.87. The highest BCUT2D eigenvalue weighted by molar-refractivity contribution is 9.10. The molecule has 1 aromatic rings. The zero-order valence-corrected chi connectivity index (χ0v) is 7.61. The summed E-state index contributed by atoms with van der Waals surface area (Å²) in [7, 11) is 1.67. The van der Waals surface area contributed by atoms with Crippen molar-refractivity contribution in [3.8, 4) is 0 Å². The van der Waals surface area contributed by atoms with Crippen LogP contribution in [-0.2, 0) is 7.05 Å². The molecule has 0 saturated carbocycles. The zero-order valence-electron chi connectivity index (χ0n) is 5.27. The lowest BCUT2D eigenvalue weighted by Gasteiger charge is -1.97. The van der Waals surface area contributed by atoms with E-state index in [2.05, 4.69) is 15.9 Å². The highest BCUT2D eigenvalue weighted by Gasteiger charge is 2.00. The van der Waals surface area contributed by atoms with Gasteiger partial charge in [-0.2, -0.15) is 0 Å². The third-order valence-electron chi connectivity index (χ3n) is 1.16. The first kappa shape index (κ1) is 7.82. The summed E-state index contributed by atoms with van der Waals surface area (Å²) in [6, 6.07) is 1.66. The van der Waals surface area contributed by atoms with E-state index in [1.807, 2.05) is 0 Å². The quantitative estimate of drug-likeness (QED) is 0.656. The second kappa shape index (κ2) is 2.76. The lowest BCUT2D eigenvalue weighted by Crippen LogP contribution is -2.15. The maximum absolute atomic E-state index is 11.0. The molecular formula is C6H5BrClNO. The average molecular weight is 222 g/mol. The molecule has 0 aliphatic rings. The molecule has 54 valence electrons. The van der Waals surface area contributed by atoms with E-state index in [4.69, 9.17) is 11.6 Å². The van der Waals surface area contributed by atoms with Gasteiger partial charge in [-0.25, -0.2) is 0 Å². The molecule has 4 heteroatoms. The predicted octanol–water partition coefficient (Wildman–Crippen LogP) is 1.80. The lowest BCUT2D eigenvalue weighted by atomic mass is 10.5. The minimum atomic E-state index is -0.118. The fourth-order valence-corrected chi connectivity index (χ4v) is 1.12. The van der Waals surface area contributed by atoms with Crippen molar-refractivity contribution in [1.82, 2.24) is 4.57 Å². The summed E-state index contributed by atoms with van der Waals surface area (Å²) in [6.45, 7) is 0. The topological polar surface area (TPSA) is 22.0 Å². The summed E-state index contributed by atoms with van der Waals surface area (Å²) >= 11 is 8.69. The van der Waals surface area contributed by atoms with Gasteiger partial charge in [-0.1, -0.05) is 11.6 Å². The molecule has 1 aromatic heterocycles. The van der Waals surface area contributed by atoms with Crippen LogP contribution in [0, 0.1) is 0 Å².